The van der Waals surface area contributed by atoms with Gasteiger partial charge in [0.1, 0.15) is 12.7 Å². The maximum atomic E-state index is 11.7. The maximum Gasteiger partial charge on any atom is 0.342 e. The van der Waals surface area contributed by atoms with E-state index in [2.05, 4.69) is 4.98 Å². The van der Waals surface area contributed by atoms with Crippen LogP contribution in [0, 0.1) is 17.0 Å². The number of imidazole rings is 1. The normalized spacial score (nSPS) is 15.9. The lowest BCUT2D eigenvalue weighted by Crippen LogP contribution is -2.38. The molecule has 1 unspecified atom stereocenters. The summed E-state index contributed by atoms with van der Waals surface area (Å²) in [5, 5.41) is 11.0. The zero-order valence-corrected chi connectivity index (χ0v) is 12.5. The number of aryl methyl sites for hydroxylation is 1. The van der Waals surface area contributed by atoms with Crippen LogP contribution in [0.3, 0.4) is 0 Å². The van der Waals surface area contributed by atoms with E-state index in [4.69, 9.17) is 4.74 Å². The van der Waals surface area contributed by atoms with Crippen molar-refractivity contribution < 1.29 is 19.2 Å². The smallest absolute Gasteiger partial charge is 0.342 e. The molecule has 2 rings (SSSR count). The van der Waals surface area contributed by atoms with Gasteiger partial charge in [-0.25, -0.2) is 9.55 Å². The van der Waals surface area contributed by atoms with Crippen LogP contribution >= 0.6 is 0 Å². The number of amides is 1. The Morgan fingerprint density at radius 2 is 2.27 bits per heavy atom. The molecule has 1 aromatic rings. The molecule has 120 valence electrons. The first-order valence-corrected chi connectivity index (χ1v) is 7.00. The van der Waals surface area contributed by atoms with Gasteiger partial charge in [-0.2, -0.15) is 0 Å². The highest BCUT2D eigenvalue weighted by atomic mass is 16.6. The predicted molar refractivity (Wildman–Crippen MR) is 75.0 cm³/mol. The van der Waals surface area contributed by atoms with Crippen LogP contribution in [0.5, 0.6) is 0 Å². The van der Waals surface area contributed by atoms with Gasteiger partial charge in [-0.05, 0) is 11.3 Å². The van der Waals surface area contributed by atoms with Gasteiger partial charge in [-0.1, -0.05) is 0 Å². The minimum atomic E-state index is -0.647. The molecule has 1 aliphatic rings. The maximum absolute atomic E-state index is 11.7. The second-order valence-electron chi connectivity index (χ2n) is 5.21. The summed E-state index contributed by atoms with van der Waals surface area (Å²) in [6.07, 6.45) is 1.78. The van der Waals surface area contributed by atoms with E-state index in [0.29, 0.717) is 18.8 Å². The zero-order valence-electron chi connectivity index (χ0n) is 12.5. The van der Waals surface area contributed by atoms with Gasteiger partial charge in [0.2, 0.25) is 5.91 Å². The van der Waals surface area contributed by atoms with Gasteiger partial charge in [0.15, 0.2) is 11.9 Å². The fraction of sp³-hybridized carbons (Fsp3) is 0.615. The number of nitro groups is 1. The summed E-state index contributed by atoms with van der Waals surface area (Å²) in [5.41, 5.74) is 0. The van der Waals surface area contributed by atoms with E-state index in [1.807, 2.05) is 0 Å². The summed E-state index contributed by atoms with van der Waals surface area (Å²) in [4.78, 5) is 39.0. The number of esters is 1. The van der Waals surface area contributed by atoms with Crippen LogP contribution in [0.25, 0.3) is 0 Å². The highest BCUT2D eigenvalue weighted by Gasteiger charge is 2.28. The minimum absolute atomic E-state index is 0.00834. The lowest BCUT2D eigenvalue weighted by molar-refractivity contribution is -0.392. The third kappa shape index (κ3) is 3.60. The molecule has 0 bridgehead atoms. The van der Waals surface area contributed by atoms with E-state index in [-0.39, 0.29) is 24.8 Å². The number of nitrogens with zero attached hydrogens (tertiary/aromatic N) is 4. The van der Waals surface area contributed by atoms with Crippen molar-refractivity contribution in [2.75, 3.05) is 13.1 Å². The van der Waals surface area contributed by atoms with Crippen molar-refractivity contribution in [1.82, 2.24) is 14.5 Å². The molecule has 0 N–H and O–H groups in total. The topological polar surface area (TPSA) is 108 Å². The van der Waals surface area contributed by atoms with Gasteiger partial charge in [0.05, 0.1) is 6.54 Å². The molecule has 0 aromatic carbocycles. The summed E-state index contributed by atoms with van der Waals surface area (Å²) in [5.74, 6) is -0.190. The summed E-state index contributed by atoms with van der Waals surface area (Å²) < 4.78 is 6.60. The van der Waals surface area contributed by atoms with Crippen molar-refractivity contribution >= 4 is 17.7 Å². The molecule has 1 atom stereocenters. The number of likely N-dealkylation sites (tertiary alicyclic amines) is 1. The number of carbonyl (C=O) groups is 2. The van der Waals surface area contributed by atoms with E-state index in [1.54, 1.807) is 11.8 Å². The van der Waals surface area contributed by atoms with Gasteiger partial charge >= 0.3 is 11.8 Å². The summed E-state index contributed by atoms with van der Waals surface area (Å²) in [7, 11) is 0. The number of ether oxygens (including phenoxy) is 1. The zero-order chi connectivity index (χ0) is 16.3. The summed E-state index contributed by atoms with van der Waals surface area (Å²) >= 11 is 0. The molecule has 0 aliphatic carbocycles. The number of carbonyl (C=O) groups excluding carboxylic acids is 2. The number of rotatable bonds is 6. The Kier molecular flexibility index (Phi) is 4.74. The molecule has 0 saturated carbocycles. The van der Waals surface area contributed by atoms with E-state index in [0.717, 1.165) is 6.42 Å². The molecule has 9 nitrogen and oxygen atoms in total. The Bertz CT molecular complexity index is 597. The van der Waals surface area contributed by atoms with Crippen molar-refractivity contribution in [3.05, 3.63) is 22.1 Å². The van der Waals surface area contributed by atoms with E-state index >= 15 is 0 Å². The predicted octanol–water partition coefficient (Wildman–Crippen LogP) is 0.654. The Balaban J connectivity index is 2.16. The van der Waals surface area contributed by atoms with Crippen LogP contribution in [0.2, 0.25) is 0 Å². The number of hydrogen-bond donors (Lipinski definition) is 0. The van der Waals surface area contributed by atoms with Crippen LogP contribution in [-0.2, 0) is 20.9 Å². The molecule has 2 heterocycles. The van der Waals surface area contributed by atoms with Crippen LogP contribution < -0.4 is 0 Å². The molecule has 0 radical (unpaired) electrons. The highest BCUT2D eigenvalue weighted by Crippen LogP contribution is 2.17. The number of aromatic nitrogens is 2. The second-order valence-corrected chi connectivity index (χ2v) is 5.21. The van der Waals surface area contributed by atoms with Gasteiger partial charge in [0, 0.05) is 26.8 Å². The van der Waals surface area contributed by atoms with Crippen molar-refractivity contribution in [1.29, 1.82) is 0 Å². The molecule has 1 amide bonds. The Morgan fingerprint density at radius 1 is 1.55 bits per heavy atom. The monoisotopic (exact) mass is 310 g/mol. The van der Waals surface area contributed by atoms with E-state index in [1.165, 1.54) is 17.7 Å². The standard InChI is InChI=1S/C13H18N4O5/c1-9-14-6-12(17(20)21)16(9)8-11(22-10(2)18)7-15-5-3-4-13(15)19/h6,11H,3-5,7-8H2,1-2H3. The molecule has 1 saturated heterocycles. The van der Waals surface area contributed by atoms with Gasteiger partial charge < -0.3 is 19.8 Å². The second kappa shape index (κ2) is 6.54. The summed E-state index contributed by atoms with van der Waals surface area (Å²) in [6, 6.07) is 0. The third-order valence-corrected chi connectivity index (χ3v) is 3.54. The van der Waals surface area contributed by atoms with Gasteiger partial charge in [-0.15, -0.1) is 0 Å². The van der Waals surface area contributed by atoms with Gasteiger partial charge in [0.25, 0.3) is 0 Å². The fourth-order valence-corrected chi connectivity index (χ4v) is 2.54. The molecule has 0 spiro atoms. The lowest BCUT2D eigenvalue weighted by Gasteiger charge is -2.22. The lowest BCUT2D eigenvalue weighted by atomic mass is 10.3. The quantitative estimate of drug-likeness (QED) is 0.434. The van der Waals surface area contributed by atoms with Crippen LogP contribution in [0.4, 0.5) is 5.82 Å². The number of hydrogen-bond acceptors (Lipinski definition) is 6. The molecule has 1 aliphatic heterocycles. The highest BCUT2D eigenvalue weighted by molar-refractivity contribution is 5.78. The van der Waals surface area contributed by atoms with Crippen LogP contribution in [-0.4, -0.2) is 50.4 Å². The van der Waals surface area contributed by atoms with Crippen molar-refractivity contribution in [3.8, 4) is 0 Å². The van der Waals surface area contributed by atoms with Crippen molar-refractivity contribution in [3.63, 3.8) is 0 Å². The average molecular weight is 310 g/mol. The largest absolute Gasteiger partial charge is 0.456 e. The molecular formula is C13H18N4O5. The first kappa shape index (κ1) is 15.9. The van der Waals surface area contributed by atoms with E-state index in [9.17, 15) is 19.7 Å². The molecule has 22 heavy (non-hydrogen) atoms. The molecule has 9 heteroatoms. The van der Waals surface area contributed by atoms with Crippen molar-refractivity contribution in [2.24, 2.45) is 0 Å². The van der Waals surface area contributed by atoms with Crippen LogP contribution in [0.15, 0.2) is 6.20 Å². The Labute approximate surface area is 127 Å². The van der Waals surface area contributed by atoms with Crippen LogP contribution in [0.1, 0.15) is 25.6 Å². The molecular weight excluding hydrogens is 292 g/mol. The molecule has 1 aromatic heterocycles. The Morgan fingerprint density at radius 3 is 2.82 bits per heavy atom. The average Bonchev–Trinajstić information content (AvgIpc) is 2.97. The van der Waals surface area contributed by atoms with Crippen molar-refractivity contribution in [2.45, 2.75) is 39.3 Å². The van der Waals surface area contributed by atoms with E-state index < -0.39 is 17.0 Å². The first-order valence-electron chi connectivity index (χ1n) is 7.00. The fourth-order valence-electron chi connectivity index (χ4n) is 2.54. The SMILES string of the molecule is CC(=O)OC(CN1CCCC1=O)Cn1c([N+](=O)[O-])cnc1C. The minimum Gasteiger partial charge on any atom is -0.456 e. The molecule has 1 fully saturated rings. The third-order valence-electron chi connectivity index (χ3n) is 3.54. The van der Waals surface area contributed by atoms with Gasteiger partial charge in [-0.3, -0.25) is 9.59 Å². The summed E-state index contributed by atoms with van der Waals surface area (Å²) in [6.45, 7) is 3.84. The Hall–Kier alpha value is -2.45. The first-order chi connectivity index (χ1) is 10.4.